The number of hydrogen-bond donors (Lipinski definition) is 1. The summed E-state index contributed by atoms with van der Waals surface area (Å²) in [6.45, 7) is 0. The first kappa shape index (κ1) is 18.5. The van der Waals surface area contributed by atoms with Crippen LogP contribution in [0.4, 0.5) is 5.13 Å². The Morgan fingerprint density at radius 2 is 1.73 bits per heavy atom. The summed E-state index contributed by atoms with van der Waals surface area (Å²) >= 11 is 13.2. The van der Waals surface area contributed by atoms with Gasteiger partial charge in [0.1, 0.15) is 0 Å². The van der Waals surface area contributed by atoms with Crippen molar-refractivity contribution in [1.82, 2.24) is 4.98 Å². The molecule has 134 valence electrons. The van der Waals surface area contributed by atoms with Crippen molar-refractivity contribution in [3.05, 3.63) is 57.4 Å². The van der Waals surface area contributed by atoms with Crippen molar-refractivity contribution < 1.29 is 14.3 Å². The third kappa shape index (κ3) is 4.09. The van der Waals surface area contributed by atoms with Gasteiger partial charge in [-0.15, -0.1) is 11.3 Å². The Morgan fingerprint density at radius 1 is 1.04 bits per heavy atom. The molecule has 0 aliphatic carbocycles. The lowest BCUT2D eigenvalue weighted by molar-refractivity contribution is 0.102. The highest BCUT2D eigenvalue weighted by molar-refractivity contribution is 7.14. The van der Waals surface area contributed by atoms with Gasteiger partial charge in [0.15, 0.2) is 16.6 Å². The van der Waals surface area contributed by atoms with Crippen molar-refractivity contribution in [1.29, 1.82) is 0 Å². The van der Waals surface area contributed by atoms with Gasteiger partial charge in [0.2, 0.25) is 0 Å². The molecule has 0 spiro atoms. The van der Waals surface area contributed by atoms with E-state index in [-0.39, 0.29) is 5.91 Å². The van der Waals surface area contributed by atoms with E-state index < -0.39 is 0 Å². The predicted octanol–water partition coefficient (Wildman–Crippen LogP) is 5.39. The van der Waals surface area contributed by atoms with Gasteiger partial charge in [-0.05, 0) is 36.4 Å². The van der Waals surface area contributed by atoms with Gasteiger partial charge in [-0.2, -0.15) is 0 Å². The first-order valence-corrected chi connectivity index (χ1v) is 9.09. The molecule has 8 heteroatoms. The Morgan fingerprint density at radius 3 is 2.38 bits per heavy atom. The zero-order valence-corrected chi connectivity index (χ0v) is 16.2. The van der Waals surface area contributed by atoms with E-state index in [1.807, 2.05) is 17.5 Å². The molecule has 0 saturated carbocycles. The molecule has 0 fully saturated rings. The number of anilines is 1. The van der Waals surface area contributed by atoms with Crippen molar-refractivity contribution in [2.75, 3.05) is 19.5 Å². The monoisotopic (exact) mass is 408 g/mol. The Balaban J connectivity index is 1.80. The normalized spacial score (nSPS) is 10.5. The van der Waals surface area contributed by atoms with E-state index in [1.165, 1.54) is 11.3 Å². The topological polar surface area (TPSA) is 60.5 Å². The van der Waals surface area contributed by atoms with Crippen molar-refractivity contribution in [2.45, 2.75) is 0 Å². The second-order valence-corrected chi connectivity index (χ2v) is 6.95. The molecule has 3 aromatic rings. The van der Waals surface area contributed by atoms with Gasteiger partial charge in [0.25, 0.3) is 5.91 Å². The minimum Gasteiger partial charge on any atom is -0.493 e. The number of thiazole rings is 1. The molecule has 0 unspecified atom stereocenters. The summed E-state index contributed by atoms with van der Waals surface area (Å²) in [5, 5.41) is 5.86. The van der Waals surface area contributed by atoms with Crippen LogP contribution >= 0.6 is 34.5 Å². The van der Waals surface area contributed by atoms with Crippen LogP contribution in [0.25, 0.3) is 11.3 Å². The largest absolute Gasteiger partial charge is 0.493 e. The van der Waals surface area contributed by atoms with Gasteiger partial charge >= 0.3 is 0 Å². The first-order valence-electron chi connectivity index (χ1n) is 7.45. The molecular weight excluding hydrogens is 395 g/mol. The maximum Gasteiger partial charge on any atom is 0.257 e. The molecule has 0 saturated heterocycles. The summed E-state index contributed by atoms with van der Waals surface area (Å²) in [5.41, 5.74) is 1.94. The second-order valence-electron chi connectivity index (χ2n) is 5.22. The average Bonchev–Trinajstić information content (AvgIpc) is 3.08. The predicted molar refractivity (Wildman–Crippen MR) is 105 cm³/mol. The maximum absolute atomic E-state index is 12.3. The minimum absolute atomic E-state index is 0.331. The molecule has 3 rings (SSSR count). The SMILES string of the molecule is COc1ccc(-c2csc(NC(=O)c3cc(Cl)cc(Cl)c3)n2)cc1OC. The average molecular weight is 409 g/mol. The van der Waals surface area contributed by atoms with Gasteiger partial charge in [-0.25, -0.2) is 4.98 Å². The molecule has 0 radical (unpaired) electrons. The third-order valence-electron chi connectivity index (χ3n) is 3.53. The number of hydrogen-bond acceptors (Lipinski definition) is 5. The fourth-order valence-electron chi connectivity index (χ4n) is 2.31. The Labute approximate surface area is 164 Å². The van der Waals surface area contributed by atoms with Crippen molar-refractivity contribution >= 4 is 45.6 Å². The minimum atomic E-state index is -0.331. The van der Waals surface area contributed by atoms with Crippen LogP contribution in [0, 0.1) is 0 Å². The molecule has 1 N–H and O–H groups in total. The van der Waals surface area contributed by atoms with Crippen LogP contribution in [-0.4, -0.2) is 25.1 Å². The molecule has 0 aliphatic rings. The van der Waals surface area contributed by atoms with Crippen LogP contribution in [0.5, 0.6) is 11.5 Å². The molecule has 5 nitrogen and oxygen atoms in total. The van der Waals surface area contributed by atoms with Crippen LogP contribution in [0.3, 0.4) is 0 Å². The number of methoxy groups -OCH3 is 2. The fourth-order valence-corrected chi connectivity index (χ4v) is 3.55. The summed E-state index contributed by atoms with van der Waals surface area (Å²) in [7, 11) is 3.15. The summed E-state index contributed by atoms with van der Waals surface area (Å²) < 4.78 is 10.5. The summed E-state index contributed by atoms with van der Waals surface area (Å²) in [6.07, 6.45) is 0. The number of aromatic nitrogens is 1. The first-order chi connectivity index (χ1) is 12.5. The summed E-state index contributed by atoms with van der Waals surface area (Å²) in [6, 6.07) is 10.2. The van der Waals surface area contributed by atoms with Gasteiger partial charge in [-0.1, -0.05) is 23.2 Å². The number of ether oxygens (including phenoxy) is 2. The zero-order valence-electron chi connectivity index (χ0n) is 13.9. The van der Waals surface area contributed by atoms with Crippen molar-refractivity contribution in [3.63, 3.8) is 0 Å². The van der Waals surface area contributed by atoms with E-state index in [1.54, 1.807) is 38.5 Å². The lowest BCUT2D eigenvalue weighted by Gasteiger charge is -2.08. The summed E-state index contributed by atoms with van der Waals surface area (Å²) in [5.74, 6) is 0.914. The van der Waals surface area contributed by atoms with Crippen LogP contribution in [0.1, 0.15) is 10.4 Å². The van der Waals surface area contributed by atoms with E-state index in [4.69, 9.17) is 32.7 Å². The van der Waals surface area contributed by atoms with Crippen LogP contribution in [-0.2, 0) is 0 Å². The van der Waals surface area contributed by atoms with Crippen LogP contribution < -0.4 is 14.8 Å². The third-order valence-corrected chi connectivity index (χ3v) is 4.72. The van der Waals surface area contributed by atoms with E-state index in [2.05, 4.69) is 10.3 Å². The summed E-state index contributed by atoms with van der Waals surface area (Å²) in [4.78, 5) is 16.8. The lowest BCUT2D eigenvalue weighted by atomic mass is 10.1. The highest BCUT2D eigenvalue weighted by Gasteiger charge is 2.13. The van der Waals surface area contributed by atoms with E-state index in [9.17, 15) is 4.79 Å². The van der Waals surface area contributed by atoms with E-state index in [0.29, 0.717) is 32.2 Å². The van der Waals surface area contributed by atoms with Crippen LogP contribution in [0.2, 0.25) is 10.0 Å². The Kier molecular flexibility index (Phi) is 5.66. The second kappa shape index (κ2) is 7.95. The number of carbonyl (C=O) groups is 1. The number of halogens is 2. The zero-order chi connectivity index (χ0) is 18.7. The van der Waals surface area contributed by atoms with E-state index >= 15 is 0 Å². The van der Waals surface area contributed by atoms with Gasteiger partial charge in [0.05, 0.1) is 19.9 Å². The molecule has 1 aromatic heterocycles. The standard InChI is InChI=1S/C18H14Cl2N2O3S/c1-24-15-4-3-10(7-16(15)25-2)14-9-26-18(21-14)22-17(23)11-5-12(19)8-13(20)6-11/h3-9H,1-2H3,(H,21,22,23). The molecule has 1 amide bonds. The Hall–Kier alpha value is -2.28. The molecule has 1 heterocycles. The van der Waals surface area contributed by atoms with Crippen molar-refractivity contribution in [3.8, 4) is 22.8 Å². The number of carbonyl (C=O) groups excluding carboxylic acids is 1. The number of amides is 1. The van der Waals surface area contributed by atoms with Gasteiger partial charge in [-0.3, -0.25) is 10.1 Å². The van der Waals surface area contributed by atoms with Gasteiger partial charge in [0, 0.05) is 26.6 Å². The number of rotatable bonds is 5. The number of benzene rings is 2. The highest BCUT2D eigenvalue weighted by Crippen LogP contribution is 2.33. The smallest absolute Gasteiger partial charge is 0.257 e. The lowest BCUT2D eigenvalue weighted by Crippen LogP contribution is -2.11. The Bertz CT molecular complexity index is 939. The molecular formula is C18H14Cl2N2O3S. The van der Waals surface area contributed by atoms with E-state index in [0.717, 1.165) is 11.3 Å². The molecule has 26 heavy (non-hydrogen) atoms. The quantitative estimate of drug-likeness (QED) is 0.614. The molecule has 2 aromatic carbocycles. The molecule has 0 atom stereocenters. The van der Waals surface area contributed by atoms with Crippen LogP contribution in [0.15, 0.2) is 41.8 Å². The fraction of sp³-hybridized carbons (Fsp3) is 0.111. The molecule has 0 aliphatic heterocycles. The number of nitrogens with zero attached hydrogens (tertiary/aromatic N) is 1. The highest BCUT2D eigenvalue weighted by atomic mass is 35.5. The molecule has 0 bridgehead atoms. The maximum atomic E-state index is 12.3. The van der Waals surface area contributed by atoms with Gasteiger partial charge < -0.3 is 9.47 Å². The number of nitrogens with one attached hydrogen (secondary N) is 1. The van der Waals surface area contributed by atoms with Crippen molar-refractivity contribution in [2.24, 2.45) is 0 Å².